The van der Waals surface area contributed by atoms with Crippen molar-refractivity contribution in [3.63, 3.8) is 0 Å². The zero-order chi connectivity index (χ0) is 24.0. The van der Waals surface area contributed by atoms with E-state index >= 15 is 0 Å². The Morgan fingerprint density at radius 2 is 1.44 bits per heavy atom. The van der Waals surface area contributed by atoms with Gasteiger partial charge in [0.15, 0.2) is 0 Å². The average Bonchev–Trinajstić information content (AvgIpc) is 3.23. The van der Waals surface area contributed by atoms with Crippen LogP contribution in [0.2, 0.25) is 10.0 Å². The normalized spacial score (nSPS) is 15.4. The molecule has 0 saturated heterocycles. The molecular formula is C25H17Cl2FN2O3S. The second-order valence-electron chi connectivity index (χ2n) is 7.82. The van der Waals surface area contributed by atoms with Crippen LogP contribution in [0.25, 0.3) is 11.1 Å². The first-order valence-corrected chi connectivity index (χ1v) is 12.5. The molecule has 5 rings (SSSR count). The lowest BCUT2D eigenvalue weighted by Gasteiger charge is -2.27. The predicted octanol–water partition coefficient (Wildman–Crippen LogP) is 5.91. The zero-order valence-corrected chi connectivity index (χ0v) is 19.9. The third kappa shape index (κ3) is 3.79. The second-order valence-corrected chi connectivity index (χ2v) is 10.5. The van der Waals surface area contributed by atoms with Gasteiger partial charge in [-0.25, -0.2) is 17.1 Å². The Hall–Kier alpha value is -3.13. The molecule has 1 aliphatic heterocycles. The van der Waals surface area contributed by atoms with Crippen LogP contribution in [0.15, 0.2) is 94.6 Å². The SMILES string of the molecule is O=c1ccc(-c2ccc(Cl)cc2)c2n1C[C@@H](c1ccc(Cl)cc1)N2S(=O)(=O)c1ccccc1F. The summed E-state index contributed by atoms with van der Waals surface area (Å²) < 4.78 is 45.2. The number of halogens is 3. The second kappa shape index (κ2) is 8.58. The van der Waals surface area contributed by atoms with Crippen molar-refractivity contribution in [1.82, 2.24) is 4.57 Å². The fourth-order valence-electron chi connectivity index (χ4n) is 4.20. The Kier molecular flexibility index (Phi) is 5.72. The number of anilines is 1. The van der Waals surface area contributed by atoms with Crippen molar-refractivity contribution in [2.45, 2.75) is 17.5 Å². The number of fused-ring (bicyclic) bond motifs is 1. The van der Waals surface area contributed by atoms with Crippen LogP contribution < -0.4 is 9.86 Å². The van der Waals surface area contributed by atoms with Crippen LogP contribution in [0.4, 0.5) is 10.2 Å². The molecule has 3 aromatic carbocycles. The third-order valence-corrected chi connectivity index (χ3v) is 8.12. The quantitative estimate of drug-likeness (QED) is 0.340. The number of hydrogen-bond donors (Lipinski definition) is 0. The van der Waals surface area contributed by atoms with Crippen LogP contribution in [0, 0.1) is 5.82 Å². The van der Waals surface area contributed by atoms with Gasteiger partial charge in [-0.05, 0) is 53.6 Å². The van der Waals surface area contributed by atoms with Crippen LogP contribution in [-0.4, -0.2) is 13.0 Å². The molecule has 0 fully saturated rings. The van der Waals surface area contributed by atoms with Gasteiger partial charge in [-0.15, -0.1) is 0 Å². The molecule has 0 bridgehead atoms. The molecule has 9 heteroatoms. The lowest BCUT2D eigenvalue weighted by atomic mass is 10.1. The highest BCUT2D eigenvalue weighted by Crippen LogP contribution is 2.44. The highest BCUT2D eigenvalue weighted by molar-refractivity contribution is 7.92. The topological polar surface area (TPSA) is 59.4 Å². The summed E-state index contributed by atoms with van der Waals surface area (Å²) in [5.74, 6) is -0.708. The van der Waals surface area contributed by atoms with E-state index in [1.807, 2.05) is 0 Å². The molecule has 172 valence electrons. The number of hydrogen-bond acceptors (Lipinski definition) is 3. The summed E-state index contributed by atoms with van der Waals surface area (Å²) in [5, 5.41) is 1.00. The van der Waals surface area contributed by atoms with Gasteiger partial charge >= 0.3 is 0 Å². The van der Waals surface area contributed by atoms with Crippen molar-refractivity contribution < 1.29 is 12.8 Å². The van der Waals surface area contributed by atoms with Gasteiger partial charge in [0.25, 0.3) is 15.6 Å². The molecule has 34 heavy (non-hydrogen) atoms. The molecular weight excluding hydrogens is 498 g/mol. The van der Waals surface area contributed by atoms with Gasteiger partial charge in [-0.2, -0.15) is 0 Å². The molecule has 0 radical (unpaired) electrons. The Bertz CT molecular complexity index is 1550. The first kappa shape index (κ1) is 22.7. The van der Waals surface area contributed by atoms with E-state index in [1.165, 1.54) is 28.8 Å². The predicted molar refractivity (Wildman–Crippen MR) is 131 cm³/mol. The smallest absolute Gasteiger partial charge is 0.269 e. The lowest BCUT2D eigenvalue weighted by molar-refractivity contribution is 0.555. The van der Waals surface area contributed by atoms with Gasteiger partial charge in [-0.1, -0.05) is 59.6 Å². The van der Waals surface area contributed by atoms with E-state index in [-0.39, 0.29) is 17.9 Å². The fourth-order valence-corrected chi connectivity index (χ4v) is 6.18. The van der Waals surface area contributed by atoms with Crippen molar-refractivity contribution in [3.05, 3.63) is 117 Å². The van der Waals surface area contributed by atoms with E-state index in [1.54, 1.807) is 54.6 Å². The van der Waals surface area contributed by atoms with Crippen molar-refractivity contribution >= 4 is 39.0 Å². The summed E-state index contributed by atoms with van der Waals surface area (Å²) in [6.45, 7) is 0.0604. The number of sulfonamides is 1. The number of benzene rings is 3. The number of aromatic nitrogens is 1. The third-order valence-electron chi connectivity index (χ3n) is 5.79. The number of nitrogens with zero attached hydrogens (tertiary/aromatic N) is 2. The van der Waals surface area contributed by atoms with Crippen LogP contribution in [0.1, 0.15) is 11.6 Å². The summed E-state index contributed by atoms with van der Waals surface area (Å²) in [4.78, 5) is 12.4. The maximum absolute atomic E-state index is 14.7. The highest BCUT2D eigenvalue weighted by atomic mass is 35.5. The first-order chi connectivity index (χ1) is 16.3. The van der Waals surface area contributed by atoms with Gasteiger partial charge in [0, 0.05) is 21.7 Å². The minimum atomic E-state index is -4.41. The minimum Gasteiger partial charge on any atom is -0.291 e. The monoisotopic (exact) mass is 514 g/mol. The van der Waals surface area contributed by atoms with Gasteiger partial charge in [0.1, 0.15) is 16.5 Å². The van der Waals surface area contributed by atoms with Gasteiger partial charge < -0.3 is 0 Å². The van der Waals surface area contributed by atoms with Gasteiger partial charge in [0.05, 0.1) is 12.6 Å². The summed E-state index contributed by atoms with van der Waals surface area (Å²) in [7, 11) is -4.41. The molecule has 5 nitrogen and oxygen atoms in total. The largest absolute Gasteiger partial charge is 0.291 e. The van der Waals surface area contributed by atoms with E-state index in [0.29, 0.717) is 26.7 Å². The summed E-state index contributed by atoms with van der Waals surface area (Å²) in [6.07, 6.45) is 0. The molecule has 0 saturated carbocycles. The molecule has 0 amide bonds. The van der Waals surface area contributed by atoms with Crippen molar-refractivity contribution in [1.29, 1.82) is 0 Å². The van der Waals surface area contributed by atoms with E-state index in [2.05, 4.69) is 0 Å². The number of pyridine rings is 1. The summed E-state index contributed by atoms with van der Waals surface area (Å²) in [6, 6.07) is 20.9. The maximum Gasteiger partial charge on any atom is 0.269 e. The fraction of sp³-hybridized carbons (Fsp3) is 0.0800. The van der Waals surface area contributed by atoms with Crippen LogP contribution in [0.3, 0.4) is 0 Å². The molecule has 1 atom stereocenters. The highest BCUT2D eigenvalue weighted by Gasteiger charge is 2.42. The minimum absolute atomic E-state index is 0.0604. The molecule has 0 aliphatic carbocycles. The Morgan fingerprint density at radius 3 is 2.09 bits per heavy atom. The molecule has 4 aromatic rings. The van der Waals surface area contributed by atoms with Crippen LogP contribution in [-0.2, 0) is 16.6 Å². The molecule has 1 aromatic heterocycles. The van der Waals surface area contributed by atoms with E-state index in [0.717, 1.165) is 10.4 Å². The Morgan fingerprint density at radius 1 is 0.824 bits per heavy atom. The Labute approximate surface area is 205 Å². The molecule has 0 N–H and O–H groups in total. The number of rotatable bonds is 4. The van der Waals surface area contributed by atoms with E-state index in [9.17, 15) is 17.6 Å². The van der Waals surface area contributed by atoms with Gasteiger partial charge in [0.2, 0.25) is 0 Å². The van der Waals surface area contributed by atoms with E-state index < -0.39 is 26.8 Å². The van der Waals surface area contributed by atoms with Crippen molar-refractivity contribution in [2.24, 2.45) is 0 Å². The summed E-state index contributed by atoms with van der Waals surface area (Å²) >= 11 is 12.1. The molecule has 2 heterocycles. The van der Waals surface area contributed by atoms with Crippen LogP contribution in [0.5, 0.6) is 0 Å². The Balaban J connectivity index is 1.80. The van der Waals surface area contributed by atoms with Crippen LogP contribution >= 0.6 is 23.2 Å². The van der Waals surface area contributed by atoms with Gasteiger partial charge in [-0.3, -0.25) is 9.36 Å². The maximum atomic E-state index is 14.7. The van der Waals surface area contributed by atoms with Crippen molar-refractivity contribution in [3.8, 4) is 11.1 Å². The molecule has 0 spiro atoms. The molecule has 1 aliphatic rings. The lowest BCUT2D eigenvalue weighted by Crippen LogP contribution is -2.33. The molecule has 0 unspecified atom stereocenters. The average molecular weight is 515 g/mol. The zero-order valence-electron chi connectivity index (χ0n) is 17.5. The first-order valence-electron chi connectivity index (χ1n) is 10.3. The summed E-state index contributed by atoms with van der Waals surface area (Å²) in [5.41, 5.74) is 1.43. The van der Waals surface area contributed by atoms with Crippen molar-refractivity contribution in [2.75, 3.05) is 4.31 Å². The van der Waals surface area contributed by atoms with E-state index in [4.69, 9.17) is 23.2 Å². The standard InChI is InChI=1S/C25H17Cl2FN2O3S/c26-18-9-5-16(6-10-18)20-13-14-24(31)29-15-22(17-7-11-19(27)12-8-17)30(25(20)29)34(32,33)23-4-2-1-3-21(23)28/h1-14,22H,15H2/t22-/m0/s1.